The van der Waals surface area contributed by atoms with Gasteiger partial charge >= 0.3 is 0 Å². The molecule has 6 rings (SSSR count). The molecule has 0 N–H and O–H groups in total. The van der Waals surface area contributed by atoms with Crippen LogP contribution < -0.4 is 14.4 Å². The van der Waals surface area contributed by atoms with Crippen LogP contribution in [0.3, 0.4) is 0 Å². The van der Waals surface area contributed by atoms with E-state index in [4.69, 9.17) is 9.47 Å². The highest BCUT2D eigenvalue weighted by molar-refractivity contribution is 6.24. The maximum atomic E-state index is 13.7. The number of allylic oxidation sites excluding steroid dienone is 1. The quantitative estimate of drug-likeness (QED) is 0.284. The lowest BCUT2D eigenvalue weighted by Crippen LogP contribution is -2.46. The molecule has 0 aromatic heterocycles. The molecule has 0 radical (unpaired) electrons. The minimum Gasteiger partial charge on any atom is -0.486 e. The zero-order chi connectivity index (χ0) is 24.3. The van der Waals surface area contributed by atoms with E-state index in [9.17, 15) is 24.5 Å². The van der Waals surface area contributed by atoms with Crippen molar-refractivity contribution in [1.29, 1.82) is 0 Å². The number of carbonyl (C=O) groups is 3. The van der Waals surface area contributed by atoms with Gasteiger partial charge in [-0.25, -0.2) is 4.90 Å². The number of hydrogen-bond donors (Lipinski definition) is 0. The number of fused-ring (bicyclic) bond motifs is 4. The Kier molecular flexibility index (Phi) is 4.66. The van der Waals surface area contributed by atoms with Crippen LogP contribution >= 0.6 is 0 Å². The third-order valence-corrected chi connectivity index (χ3v) is 6.68. The summed E-state index contributed by atoms with van der Waals surface area (Å²) < 4.78 is 11.1. The van der Waals surface area contributed by atoms with Crippen LogP contribution in [0.1, 0.15) is 10.4 Å². The maximum Gasteiger partial charge on any atom is 0.270 e. The molecular weight excluding hydrogens is 456 g/mol. The number of ether oxygens (including phenoxy) is 2. The topological polar surface area (TPSA) is 132 Å². The molecule has 0 bridgehead atoms. The smallest absolute Gasteiger partial charge is 0.270 e. The molecule has 4 aliphatic heterocycles. The number of ketones is 1. The number of hydrogen-bond acceptors (Lipinski definition) is 9. The molecule has 2 aromatic rings. The second-order valence-corrected chi connectivity index (χ2v) is 8.53. The number of imide groups is 1. The van der Waals surface area contributed by atoms with E-state index in [1.165, 1.54) is 35.5 Å². The van der Waals surface area contributed by atoms with Crippen LogP contribution in [-0.2, 0) is 9.59 Å². The molecule has 0 unspecified atom stereocenters. The number of non-ortho nitro benzene ring substituents is 1. The summed E-state index contributed by atoms with van der Waals surface area (Å²) in [7, 11) is 0. The number of benzene rings is 2. The molecule has 11 nitrogen and oxygen atoms in total. The second kappa shape index (κ2) is 7.76. The molecule has 4 aliphatic rings. The van der Waals surface area contributed by atoms with Crippen LogP contribution in [0.25, 0.3) is 0 Å². The van der Waals surface area contributed by atoms with Crippen LogP contribution in [0, 0.1) is 22.0 Å². The molecular formula is C24H18N4O7. The van der Waals surface area contributed by atoms with Gasteiger partial charge in [-0.15, -0.1) is 0 Å². The van der Waals surface area contributed by atoms with Crippen LogP contribution in [-0.4, -0.2) is 59.0 Å². The standard InChI is InChI=1S/C24H18N4O7/c29-22(13-3-1-4-15(11-13)28(32)33)21-20-19(16-5-2-8-25-27(16)21)23(30)26(24(20)31)14-6-7-17-18(12-14)35-10-9-34-17/h1-8,11-12,16,19-21H,9-10H2/t16-,19+,20-,21+/m1/s1. The number of carbonyl (C=O) groups excluding carboxylic acids is 3. The zero-order valence-corrected chi connectivity index (χ0v) is 18.1. The highest BCUT2D eigenvalue weighted by Crippen LogP contribution is 2.47. The molecule has 4 atom stereocenters. The lowest BCUT2D eigenvalue weighted by Gasteiger charge is -2.30. The van der Waals surface area contributed by atoms with Gasteiger partial charge in [-0.1, -0.05) is 18.2 Å². The fourth-order valence-corrected chi connectivity index (χ4v) is 5.21. The van der Waals surface area contributed by atoms with E-state index >= 15 is 0 Å². The summed E-state index contributed by atoms with van der Waals surface area (Å²) in [4.78, 5) is 52.6. The van der Waals surface area contributed by atoms with Gasteiger partial charge in [0, 0.05) is 30.0 Å². The molecule has 11 heteroatoms. The molecule has 4 heterocycles. The lowest BCUT2D eigenvalue weighted by atomic mass is 9.86. The molecule has 0 saturated carbocycles. The largest absolute Gasteiger partial charge is 0.486 e. The van der Waals surface area contributed by atoms with E-state index < -0.39 is 46.4 Å². The van der Waals surface area contributed by atoms with Crippen molar-refractivity contribution < 1.29 is 28.8 Å². The SMILES string of the molecule is O=C(c1cccc([N+](=O)[O-])c1)[C@@H]1[C@@H]2C(=O)N(c3ccc4c(c3)OCCO4)C(=O)[C@H]2[C@H]2C=CC=NN21. The van der Waals surface area contributed by atoms with Gasteiger partial charge < -0.3 is 9.47 Å². The Morgan fingerprint density at radius 3 is 2.60 bits per heavy atom. The number of amides is 2. The Morgan fingerprint density at radius 2 is 1.80 bits per heavy atom. The van der Waals surface area contributed by atoms with Gasteiger partial charge in [0.25, 0.3) is 5.69 Å². The Morgan fingerprint density at radius 1 is 1.03 bits per heavy atom. The number of nitrogens with zero attached hydrogens (tertiary/aromatic N) is 4. The van der Waals surface area contributed by atoms with Crippen molar-refractivity contribution >= 4 is 35.2 Å². The Balaban J connectivity index is 1.40. The molecule has 2 amide bonds. The number of rotatable bonds is 4. The first kappa shape index (κ1) is 21.0. The number of hydrazone groups is 1. The van der Waals surface area contributed by atoms with Gasteiger partial charge in [0.05, 0.1) is 28.5 Å². The molecule has 2 fully saturated rings. The molecule has 2 aromatic carbocycles. The summed E-state index contributed by atoms with van der Waals surface area (Å²) in [6, 6.07) is 8.47. The molecule has 176 valence electrons. The predicted molar refractivity (Wildman–Crippen MR) is 121 cm³/mol. The van der Waals surface area contributed by atoms with Crippen molar-refractivity contribution in [3.63, 3.8) is 0 Å². The summed E-state index contributed by atoms with van der Waals surface area (Å²) in [6.45, 7) is 0.757. The molecule has 0 aliphatic carbocycles. The lowest BCUT2D eigenvalue weighted by molar-refractivity contribution is -0.384. The van der Waals surface area contributed by atoms with Crippen molar-refractivity contribution in [2.45, 2.75) is 12.1 Å². The van der Waals surface area contributed by atoms with Gasteiger partial charge in [-0.05, 0) is 18.2 Å². The van der Waals surface area contributed by atoms with Crippen molar-refractivity contribution in [1.82, 2.24) is 5.01 Å². The van der Waals surface area contributed by atoms with Crippen LogP contribution in [0.5, 0.6) is 11.5 Å². The fourth-order valence-electron chi connectivity index (χ4n) is 5.21. The third kappa shape index (κ3) is 3.11. The summed E-state index contributed by atoms with van der Waals surface area (Å²) in [5, 5.41) is 17.0. The Bertz CT molecular complexity index is 1350. The molecule has 35 heavy (non-hydrogen) atoms. The van der Waals surface area contributed by atoms with Gasteiger partial charge in [-0.2, -0.15) is 5.10 Å². The van der Waals surface area contributed by atoms with E-state index in [0.717, 1.165) is 4.90 Å². The average Bonchev–Trinajstić information content (AvgIpc) is 3.35. The van der Waals surface area contributed by atoms with Crippen LogP contribution in [0.2, 0.25) is 0 Å². The normalized spacial score (nSPS) is 26.1. The first-order valence-corrected chi connectivity index (χ1v) is 11.0. The van der Waals surface area contributed by atoms with Crippen molar-refractivity contribution in [2.24, 2.45) is 16.9 Å². The predicted octanol–water partition coefficient (Wildman–Crippen LogP) is 1.96. The first-order chi connectivity index (χ1) is 17.0. The van der Waals surface area contributed by atoms with Crippen molar-refractivity contribution in [2.75, 3.05) is 18.1 Å². The summed E-state index contributed by atoms with van der Waals surface area (Å²) in [5.41, 5.74) is 0.164. The number of Topliss-reactive ketones (excluding diaryl/α,β-unsaturated/α-hetero) is 1. The summed E-state index contributed by atoms with van der Waals surface area (Å²) >= 11 is 0. The fraction of sp³-hybridized carbons (Fsp3) is 0.250. The van der Waals surface area contributed by atoms with Gasteiger partial charge in [0.15, 0.2) is 17.3 Å². The van der Waals surface area contributed by atoms with E-state index in [-0.39, 0.29) is 11.3 Å². The summed E-state index contributed by atoms with van der Waals surface area (Å²) in [6.07, 6.45) is 4.89. The first-order valence-electron chi connectivity index (χ1n) is 11.0. The Labute approximate surface area is 198 Å². The number of nitro groups is 1. The molecule has 0 spiro atoms. The highest BCUT2D eigenvalue weighted by atomic mass is 16.6. The van der Waals surface area contributed by atoms with E-state index in [1.807, 2.05) is 0 Å². The van der Waals surface area contributed by atoms with Crippen molar-refractivity contribution in [3.8, 4) is 11.5 Å². The summed E-state index contributed by atoms with van der Waals surface area (Å²) in [5.74, 6) is -2.37. The second-order valence-electron chi connectivity index (χ2n) is 8.53. The maximum absolute atomic E-state index is 13.7. The monoisotopic (exact) mass is 474 g/mol. The number of nitro benzene ring substituents is 1. The number of anilines is 1. The minimum atomic E-state index is -1.09. The average molecular weight is 474 g/mol. The third-order valence-electron chi connectivity index (χ3n) is 6.68. The molecule has 2 saturated heterocycles. The van der Waals surface area contributed by atoms with Gasteiger partial charge in [-0.3, -0.25) is 29.5 Å². The van der Waals surface area contributed by atoms with E-state index in [2.05, 4.69) is 5.10 Å². The van der Waals surface area contributed by atoms with Crippen LogP contribution in [0.15, 0.2) is 59.7 Å². The zero-order valence-electron chi connectivity index (χ0n) is 18.1. The Hall–Kier alpha value is -4.54. The van der Waals surface area contributed by atoms with E-state index in [0.29, 0.717) is 30.4 Å². The van der Waals surface area contributed by atoms with E-state index in [1.54, 1.807) is 30.4 Å². The van der Waals surface area contributed by atoms with Gasteiger partial charge in [0.2, 0.25) is 11.8 Å². The minimum absolute atomic E-state index is 0.0754. The highest BCUT2D eigenvalue weighted by Gasteiger charge is 2.64. The van der Waals surface area contributed by atoms with Crippen LogP contribution in [0.4, 0.5) is 11.4 Å². The van der Waals surface area contributed by atoms with Gasteiger partial charge in [0.1, 0.15) is 19.3 Å². The van der Waals surface area contributed by atoms with Crippen molar-refractivity contribution in [3.05, 3.63) is 70.3 Å².